The van der Waals surface area contributed by atoms with Gasteiger partial charge in [-0.2, -0.15) is 4.99 Å². The third-order valence-electron chi connectivity index (χ3n) is 4.18. The Bertz CT molecular complexity index is 1140. The molecule has 0 bridgehead atoms. The van der Waals surface area contributed by atoms with E-state index in [1.807, 2.05) is 61.5 Å². The zero-order valence-electron chi connectivity index (χ0n) is 16.2. The second-order valence-corrected chi connectivity index (χ2v) is 9.07. The molecule has 0 N–H and O–H groups in total. The summed E-state index contributed by atoms with van der Waals surface area (Å²) in [6.07, 6.45) is 1.84. The molecule has 1 aliphatic heterocycles. The Morgan fingerprint density at radius 1 is 1.20 bits per heavy atom. The highest BCUT2D eigenvalue weighted by atomic mass is 35.5. The highest BCUT2D eigenvalue weighted by Gasteiger charge is 2.30. The van der Waals surface area contributed by atoms with Crippen LogP contribution in [-0.2, 0) is 11.4 Å². The zero-order chi connectivity index (χ0) is 21.1. The van der Waals surface area contributed by atoms with Crippen LogP contribution in [0.15, 0.2) is 58.4 Å². The molecule has 30 heavy (non-hydrogen) atoms. The fraction of sp³-hybridized carbons (Fsp3) is 0.143. The molecular weight excluding hydrogens is 440 g/mol. The largest absolute Gasteiger partial charge is 0.489 e. The molecule has 152 valence electrons. The number of rotatable bonds is 5. The number of nitrogens with zero attached hydrogens (tertiary/aromatic N) is 4. The number of carbonyl (C=O) groups is 1. The monoisotopic (exact) mass is 456 g/mol. The first-order chi connectivity index (χ1) is 14.5. The Morgan fingerprint density at radius 2 is 2.00 bits per heavy atom. The topological polar surface area (TPSA) is 67.7 Å². The Morgan fingerprint density at radius 3 is 2.73 bits per heavy atom. The predicted octanol–water partition coefficient (Wildman–Crippen LogP) is 5.31. The number of ether oxygens (including phenoxy) is 1. The quantitative estimate of drug-likeness (QED) is 0.486. The van der Waals surface area contributed by atoms with Crippen molar-refractivity contribution in [3.63, 3.8) is 0 Å². The van der Waals surface area contributed by atoms with Crippen LogP contribution in [0, 0.1) is 6.92 Å². The lowest BCUT2D eigenvalue weighted by molar-refractivity contribution is -0.121. The maximum absolute atomic E-state index is 12.6. The molecule has 0 aliphatic carbocycles. The van der Waals surface area contributed by atoms with Gasteiger partial charge in [-0.05, 0) is 60.2 Å². The van der Waals surface area contributed by atoms with E-state index in [1.165, 1.54) is 28.0 Å². The molecular formula is C21H17ClN4O2S2. The third-order valence-corrected chi connectivity index (χ3v) is 6.23. The smallest absolute Gasteiger partial charge is 0.266 e. The Balaban J connectivity index is 1.48. The van der Waals surface area contributed by atoms with Gasteiger partial charge in [0.15, 0.2) is 5.17 Å². The van der Waals surface area contributed by atoms with E-state index in [0.29, 0.717) is 26.8 Å². The molecule has 6 nitrogen and oxygen atoms in total. The number of amidine groups is 1. The van der Waals surface area contributed by atoms with Gasteiger partial charge in [-0.15, -0.1) is 10.2 Å². The predicted molar refractivity (Wildman–Crippen MR) is 122 cm³/mol. The maximum Gasteiger partial charge on any atom is 0.266 e. The molecule has 0 atom stereocenters. The molecule has 0 unspecified atom stereocenters. The number of thioether (sulfide) groups is 1. The van der Waals surface area contributed by atoms with Crippen molar-refractivity contribution in [1.82, 2.24) is 15.1 Å². The minimum atomic E-state index is -0.104. The minimum absolute atomic E-state index is 0.104. The van der Waals surface area contributed by atoms with Crippen LogP contribution in [-0.4, -0.2) is 33.2 Å². The van der Waals surface area contributed by atoms with Crippen molar-refractivity contribution in [2.45, 2.75) is 13.5 Å². The second-order valence-electron chi connectivity index (χ2n) is 6.46. The fourth-order valence-corrected chi connectivity index (χ4v) is 4.37. The van der Waals surface area contributed by atoms with Gasteiger partial charge >= 0.3 is 0 Å². The van der Waals surface area contributed by atoms with Crippen molar-refractivity contribution in [2.24, 2.45) is 4.99 Å². The lowest BCUT2D eigenvalue weighted by Gasteiger charge is -2.07. The first-order valence-electron chi connectivity index (χ1n) is 9.01. The van der Waals surface area contributed by atoms with Gasteiger partial charge in [0.05, 0.1) is 4.91 Å². The molecule has 2 aromatic carbocycles. The van der Waals surface area contributed by atoms with Gasteiger partial charge in [0, 0.05) is 12.1 Å². The van der Waals surface area contributed by atoms with E-state index < -0.39 is 0 Å². The molecule has 9 heteroatoms. The average molecular weight is 457 g/mol. The van der Waals surface area contributed by atoms with Crippen LogP contribution in [0.1, 0.15) is 16.1 Å². The zero-order valence-corrected chi connectivity index (χ0v) is 18.6. The minimum Gasteiger partial charge on any atom is -0.489 e. The van der Waals surface area contributed by atoms with Gasteiger partial charge in [-0.1, -0.05) is 47.2 Å². The lowest BCUT2D eigenvalue weighted by Crippen LogP contribution is -2.23. The number of aryl methyl sites for hydroxylation is 1. The van der Waals surface area contributed by atoms with Crippen LogP contribution in [0.3, 0.4) is 0 Å². The van der Waals surface area contributed by atoms with E-state index in [0.717, 1.165) is 21.9 Å². The SMILES string of the molecule is Cc1nnc(/N=C2/S/C(=C\c3cccc(OCc4ccc(Cl)cc4)c3)C(=O)N2C)s1. The van der Waals surface area contributed by atoms with Gasteiger partial charge in [0.1, 0.15) is 17.4 Å². The molecule has 1 aliphatic rings. The van der Waals surface area contributed by atoms with E-state index in [2.05, 4.69) is 15.2 Å². The third kappa shape index (κ3) is 4.89. The number of amides is 1. The van der Waals surface area contributed by atoms with Crippen LogP contribution in [0.5, 0.6) is 5.75 Å². The van der Waals surface area contributed by atoms with E-state index in [-0.39, 0.29) is 5.91 Å². The van der Waals surface area contributed by atoms with Crippen LogP contribution >= 0.6 is 34.7 Å². The summed E-state index contributed by atoms with van der Waals surface area (Å²) in [6.45, 7) is 2.30. The molecule has 1 amide bonds. The number of carbonyl (C=O) groups excluding carboxylic acids is 1. The van der Waals surface area contributed by atoms with Crippen molar-refractivity contribution in [3.05, 3.63) is 74.6 Å². The van der Waals surface area contributed by atoms with Crippen LogP contribution in [0.4, 0.5) is 5.13 Å². The Labute approximate surface area is 187 Å². The molecule has 1 fully saturated rings. The van der Waals surface area contributed by atoms with Crippen molar-refractivity contribution in [2.75, 3.05) is 7.05 Å². The van der Waals surface area contributed by atoms with Crippen molar-refractivity contribution < 1.29 is 9.53 Å². The molecule has 0 spiro atoms. The first kappa shape index (κ1) is 20.6. The van der Waals surface area contributed by atoms with Crippen LogP contribution in [0.25, 0.3) is 6.08 Å². The summed E-state index contributed by atoms with van der Waals surface area (Å²) in [5.41, 5.74) is 1.90. The van der Waals surface area contributed by atoms with Gasteiger partial charge in [-0.25, -0.2) is 0 Å². The van der Waals surface area contributed by atoms with E-state index >= 15 is 0 Å². The van der Waals surface area contributed by atoms with Crippen LogP contribution < -0.4 is 4.74 Å². The molecule has 3 aromatic rings. The number of aromatic nitrogens is 2. The highest BCUT2D eigenvalue weighted by Crippen LogP contribution is 2.34. The number of hydrogen-bond donors (Lipinski definition) is 0. The van der Waals surface area contributed by atoms with Gasteiger partial charge < -0.3 is 4.74 Å². The van der Waals surface area contributed by atoms with E-state index in [4.69, 9.17) is 16.3 Å². The first-order valence-corrected chi connectivity index (χ1v) is 11.0. The summed E-state index contributed by atoms with van der Waals surface area (Å²) in [6, 6.07) is 15.1. The van der Waals surface area contributed by atoms with Crippen LogP contribution in [0.2, 0.25) is 5.02 Å². The van der Waals surface area contributed by atoms with Gasteiger partial charge in [-0.3, -0.25) is 9.69 Å². The summed E-state index contributed by atoms with van der Waals surface area (Å²) < 4.78 is 5.88. The normalized spacial score (nSPS) is 16.6. The maximum atomic E-state index is 12.6. The molecule has 1 aromatic heterocycles. The van der Waals surface area contributed by atoms with Crippen molar-refractivity contribution >= 4 is 57.0 Å². The van der Waals surface area contributed by atoms with E-state index in [9.17, 15) is 4.79 Å². The Kier molecular flexibility index (Phi) is 6.17. The number of benzene rings is 2. The molecule has 2 heterocycles. The molecule has 4 rings (SSSR count). The standard InChI is InChI=1S/C21H17ClN4O2S2/c1-13-24-25-20(29-13)23-21-26(2)19(27)18(30-21)11-15-4-3-5-17(10-15)28-12-14-6-8-16(22)9-7-14/h3-11H,12H2,1-2H3/b18-11-,23-21+. The summed E-state index contributed by atoms with van der Waals surface area (Å²) in [7, 11) is 1.70. The van der Waals surface area contributed by atoms with Gasteiger partial charge in [0.25, 0.3) is 5.91 Å². The average Bonchev–Trinajstić information content (AvgIpc) is 3.26. The number of hydrogen-bond acceptors (Lipinski definition) is 7. The molecule has 1 saturated heterocycles. The highest BCUT2D eigenvalue weighted by molar-refractivity contribution is 8.18. The summed E-state index contributed by atoms with van der Waals surface area (Å²) >= 11 is 8.62. The summed E-state index contributed by atoms with van der Waals surface area (Å²) in [5.74, 6) is 0.619. The summed E-state index contributed by atoms with van der Waals surface area (Å²) in [5, 5.41) is 10.6. The number of halogens is 1. The summed E-state index contributed by atoms with van der Waals surface area (Å²) in [4.78, 5) is 19.2. The second kappa shape index (κ2) is 8.99. The number of aliphatic imine (C=N–C) groups is 1. The Hall–Kier alpha value is -2.68. The fourth-order valence-electron chi connectivity index (χ4n) is 2.66. The van der Waals surface area contributed by atoms with E-state index in [1.54, 1.807) is 7.05 Å². The number of likely N-dealkylation sites (N-methyl/N-ethyl adjacent to an activating group) is 1. The molecule has 0 saturated carbocycles. The lowest BCUT2D eigenvalue weighted by atomic mass is 10.2. The van der Waals surface area contributed by atoms with Crippen molar-refractivity contribution in [1.29, 1.82) is 0 Å². The molecule has 0 radical (unpaired) electrons. The van der Waals surface area contributed by atoms with Crippen molar-refractivity contribution in [3.8, 4) is 5.75 Å². The van der Waals surface area contributed by atoms with Gasteiger partial charge in [0.2, 0.25) is 5.13 Å².